The highest BCUT2D eigenvalue weighted by Crippen LogP contribution is 2.42. The Bertz CT molecular complexity index is 743. The van der Waals surface area contributed by atoms with E-state index in [0.29, 0.717) is 11.8 Å². The van der Waals surface area contributed by atoms with Gasteiger partial charge in [0.05, 0.1) is 6.26 Å². The van der Waals surface area contributed by atoms with E-state index >= 15 is 0 Å². The molecule has 1 saturated heterocycles. The highest BCUT2D eigenvalue weighted by Gasteiger charge is 2.43. The molecule has 1 aromatic heterocycles. The molecule has 1 aromatic carbocycles. The van der Waals surface area contributed by atoms with E-state index < -0.39 is 0 Å². The first kappa shape index (κ1) is 16.4. The van der Waals surface area contributed by atoms with Gasteiger partial charge in [-0.3, -0.25) is 9.69 Å². The molecular weight excluding hydrogens is 312 g/mol. The summed E-state index contributed by atoms with van der Waals surface area (Å²) < 4.78 is 5.29. The molecule has 0 atom stereocenters. The molecule has 3 heterocycles. The fourth-order valence-corrected chi connectivity index (χ4v) is 4.41. The molecule has 1 amide bonds. The van der Waals surface area contributed by atoms with E-state index in [2.05, 4.69) is 43.0 Å². The van der Waals surface area contributed by atoms with Crippen molar-refractivity contribution in [3.63, 3.8) is 0 Å². The predicted octanol–water partition coefficient (Wildman–Crippen LogP) is 3.68. The van der Waals surface area contributed by atoms with E-state index in [4.69, 9.17) is 4.42 Å². The van der Waals surface area contributed by atoms with Crippen molar-refractivity contribution in [2.24, 2.45) is 0 Å². The van der Waals surface area contributed by atoms with Gasteiger partial charge in [-0.25, -0.2) is 0 Å². The van der Waals surface area contributed by atoms with Gasteiger partial charge in [-0.15, -0.1) is 0 Å². The fourth-order valence-electron chi connectivity index (χ4n) is 4.41. The van der Waals surface area contributed by atoms with Crippen LogP contribution in [0.15, 0.2) is 47.1 Å². The molecule has 0 unspecified atom stereocenters. The zero-order valence-electron chi connectivity index (χ0n) is 15.1. The van der Waals surface area contributed by atoms with Crippen molar-refractivity contribution >= 4 is 5.91 Å². The molecule has 2 aliphatic heterocycles. The number of likely N-dealkylation sites (tertiary alicyclic amines) is 1. The highest BCUT2D eigenvalue weighted by molar-refractivity contribution is 5.91. The maximum Gasteiger partial charge on any atom is 0.289 e. The van der Waals surface area contributed by atoms with Gasteiger partial charge in [0.2, 0.25) is 0 Å². The lowest BCUT2D eigenvalue weighted by atomic mass is 9.68. The number of rotatable bonds is 2. The molecular formula is C21H26N2O2. The van der Waals surface area contributed by atoms with Crippen molar-refractivity contribution in [1.82, 2.24) is 9.80 Å². The summed E-state index contributed by atoms with van der Waals surface area (Å²) in [7, 11) is 0. The summed E-state index contributed by atoms with van der Waals surface area (Å²) in [5.41, 5.74) is 3.12. The van der Waals surface area contributed by atoms with Crippen LogP contribution in [0.4, 0.5) is 0 Å². The molecule has 1 spiro atoms. The largest absolute Gasteiger partial charge is 0.459 e. The molecule has 0 radical (unpaired) electrons. The van der Waals surface area contributed by atoms with Gasteiger partial charge in [-0.05, 0) is 49.9 Å². The molecule has 4 nitrogen and oxygen atoms in total. The van der Waals surface area contributed by atoms with Crippen molar-refractivity contribution in [2.75, 3.05) is 19.6 Å². The lowest BCUT2D eigenvalue weighted by Crippen LogP contribution is -2.54. The number of fused-ring (bicyclic) bond motifs is 2. The topological polar surface area (TPSA) is 36.7 Å². The van der Waals surface area contributed by atoms with Crippen molar-refractivity contribution in [2.45, 2.75) is 44.7 Å². The van der Waals surface area contributed by atoms with Crippen LogP contribution in [0.5, 0.6) is 0 Å². The third-order valence-corrected chi connectivity index (χ3v) is 5.94. The van der Waals surface area contributed by atoms with Crippen molar-refractivity contribution in [3.05, 3.63) is 59.5 Å². The standard InChI is InChI=1S/C21H26N2O2/c1-16(2)23-14-17-6-3-4-7-18(17)21(15-23)9-11-22(12-10-21)20(24)19-8-5-13-25-19/h3-8,13,16H,9-12,14-15H2,1-2H3. The van der Waals surface area contributed by atoms with Crippen LogP contribution < -0.4 is 0 Å². The first-order valence-corrected chi connectivity index (χ1v) is 9.24. The van der Waals surface area contributed by atoms with Crippen LogP contribution in [0, 0.1) is 0 Å². The predicted molar refractivity (Wildman–Crippen MR) is 97.5 cm³/mol. The van der Waals surface area contributed by atoms with Crippen LogP contribution in [0.2, 0.25) is 0 Å². The summed E-state index contributed by atoms with van der Waals surface area (Å²) in [6.07, 6.45) is 3.59. The summed E-state index contributed by atoms with van der Waals surface area (Å²) in [5, 5.41) is 0. The number of nitrogens with zero attached hydrogens (tertiary/aromatic N) is 2. The number of hydrogen-bond acceptors (Lipinski definition) is 3. The molecule has 0 N–H and O–H groups in total. The van der Waals surface area contributed by atoms with Crippen LogP contribution in [-0.2, 0) is 12.0 Å². The first-order chi connectivity index (χ1) is 12.1. The summed E-state index contributed by atoms with van der Waals surface area (Å²) in [5.74, 6) is 0.466. The lowest BCUT2D eigenvalue weighted by Gasteiger charge is -2.49. The molecule has 2 aromatic rings. The van der Waals surface area contributed by atoms with Gasteiger partial charge in [0.15, 0.2) is 5.76 Å². The Morgan fingerprint density at radius 1 is 1.12 bits per heavy atom. The van der Waals surface area contributed by atoms with Gasteiger partial charge in [-0.1, -0.05) is 24.3 Å². The van der Waals surface area contributed by atoms with E-state index in [1.807, 2.05) is 4.90 Å². The molecule has 132 valence electrons. The summed E-state index contributed by atoms with van der Waals surface area (Å²) in [4.78, 5) is 17.1. The number of carbonyl (C=O) groups excluding carboxylic acids is 1. The van der Waals surface area contributed by atoms with E-state index in [1.54, 1.807) is 18.4 Å². The number of amides is 1. The van der Waals surface area contributed by atoms with E-state index in [-0.39, 0.29) is 11.3 Å². The Labute approximate surface area is 149 Å². The summed E-state index contributed by atoms with van der Waals surface area (Å²) in [6.45, 7) is 8.25. The molecule has 4 heteroatoms. The first-order valence-electron chi connectivity index (χ1n) is 9.24. The second kappa shape index (κ2) is 6.34. The number of furan rings is 1. The monoisotopic (exact) mass is 338 g/mol. The van der Waals surface area contributed by atoms with Crippen LogP contribution in [0.3, 0.4) is 0 Å². The van der Waals surface area contributed by atoms with Gasteiger partial charge < -0.3 is 9.32 Å². The minimum absolute atomic E-state index is 0.0182. The molecule has 0 saturated carbocycles. The quantitative estimate of drug-likeness (QED) is 0.838. The molecule has 0 aliphatic carbocycles. The zero-order chi connectivity index (χ0) is 17.4. The van der Waals surface area contributed by atoms with Gasteiger partial charge in [0, 0.05) is 37.6 Å². The Hall–Kier alpha value is -2.07. The van der Waals surface area contributed by atoms with Crippen LogP contribution in [-0.4, -0.2) is 41.4 Å². The molecule has 1 fully saturated rings. The average Bonchev–Trinajstić information content (AvgIpc) is 3.16. The third kappa shape index (κ3) is 2.89. The minimum atomic E-state index is 0.0182. The molecule has 25 heavy (non-hydrogen) atoms. The Kier molecular flexibility index (Phi) is 4.16. The van der Waals surface area contributed by atoms with Crippen LogP contribution in [0.1, 0.15) is 48.4 Å². The number of benzene rings is 1. The Morgan fingerprint density at radius 3 is 2.56 bits per heavy atom. The summed E-state index contributed by atoms with van der Waals surface area (Å²) in [6, 6.07) is 12.9. The van der Waals surface area contributed by atoms with Crippen molar-refractivity contribution in [3.8, 4) is 0 Å². The van der Waals surface area contributed by atoms with Gasteiger partial charge in [0.25, 0.3) is 5.91 Å². The zero-order valence-corrected chi connectivity index (χ0v) is 15.1. The second-order valence-corrected chi connectivity index (χ2v) is 7.71. The highest BCUT2D eigenvalue weighted by atomic mass is 16.3. The fraction of sp³-hybridized carbons (Fsp3) is 0.476. The van der Waals surface area contributed by atoms with Crippen LogP contribution in [0.25, 0.3) is 0 Å². The van der Waals surface area contributed by atoms with Crippen molar-refractivity contribution in [1.29, 1.82) is 0 Å². The Morgan fingerprint density at radius 2 is 1.88 bits per heavy atom. The lowest BCUT2D eigenvalue weighted by molar-refractivity contribution is 0.0531. The number of hydrogen-bond donors (Lipinski definition) is 0. The molecule has 2 aliphatic rings. The normalized spacial score (nSPS) is 20.0. The van der Waals surface area contributed by atoms with Gasteiger partial charge in [-0.2, -0.15) is 0 Å². The SMILES string of the molecule is CC(C)N1Cc2ccccc2C2(CCN(C(=O)c3ccco3)CC2)C1. The molecule has 4 rings (SSSR count). The second-order valence-electron chi connectivity index (χ2n) is 7.71. The molecule has 0 bridgehead atoms. The number of carbonyl (C=O) groups is 1. The number of piperidine rings is 1. The smallest absolute Gasteiger partial charge is 0.289 e. The van der Waals surface area contributed by atoms with E-state index in [1.165, 1.54) is 11.1 Å². The summed E-state index contributed by atoms with van der Waals surface area (Å²) >= 11 is 0. The van der Waals surface area contributed by atoms with E-state index in [0.717, 1.165) is 39.0 Å². The Balaban J connectivity index is 1.57. The van der Waals surface area contributed by atoms with Gasteiger partial charge in [0.1, 0.15) is 0 Å². The minimum Gasteiger partial charge on any atom is -0.459 e. The van der Waals surface area contributed by atoms with Crippen molar-refractivity contribution < 1.29 is 9.21 Å². The van der Waals surface area contributed by atoms with E-state index in [9.17, 15) is 4.79 Å². The maximum absolute atomic E-state index is 12.6. The average molecular weight is 338 g/mol. The maximum atomic E-state index is 12.6. The third-order valence-electron chi connectivity index (χ3n) is 5.94. The van der Waals surface area contributed by atoms with Crippen LogP contribution >= 0.6 is 0 Å². The van der Waals surface area contributed by atoms with Gasteiger partial charge >= 0.3 is 0 Å².